The molecule has 0 saturated carbocycles. The molecule has 0 unspecified atom stereocenters. The van der Waals surface area contributed by atoms with E-state index in [9.17, 15) is 4.79 Å². The van der Waals surface area contributed by atoms with Crippen molar-refractivity contribution < 1.29 is 14.3 Å². The van der Waals surface area contributed by atoms with Crippen molar-refractivity contribution in [2.45, 2.75) is 12.2 Å². The number of carbonyl (C=O) groups is 1. The molecule has 0 radical (unpaired) electrons. The first-order chi connectivity index (χ1) is 9.72. The minimum Gasteiger partial charge on any atom is -0.375 e. The summed E-state index contributed by atoms with van der Waals surface area (Å²) >= 11 is 6.13. The van der Waals surface area contributed by atoms with Crippen LogP contribution < -0.4 is 10.6 Å². The van der Waals surface area contributed by atoms with Gasteiger partial charge in [0.05, 0.1) is 6.61 Å². The molecule has 0 aromatic heterocycles. The Balaban J connectivity index is 1.90. The lowest BCUT2D eigenvalue weighted by Gasteiger charge is -2.24. The molecule has 1 aromatic carbocycles. The van der Waals surface area contributed by atoms with Gasteiger partial charge in [-0.2, -0.15) is 0 Å². The highest BCUT2D eigenvalue weighted by Crippen LogP contribution is 2.24. The van der Waals surface area contributed by atoms with Crippen LogP contribution in [0.3, 0.4) is 0 Å². The third-order valence-electron chi connectivity index (χ3n) is 3.22. The van der Waals surface area contributed by atoms with Gasteiger partial charge in [0.1, 0.15) is 12.2 Å². The zero-order chi connectivity index (χ0) is 14.4. The number of rotatable bonds is 5. The number of hydrogen-bond acceptors (Lipinski definition) is 4. The van der Waals surface area contributed by atoms with Gasteiger partial charge in [0.15, 0.2) is 0 Å². The Kier molecular flexibility index (Phi) is 5.79. The van der Waals surface area contributed by atoms with E-state index < -0.39 is 6.10 Å². The first-order valence-corrected chi connectivity index (χ1v) is 6.97. The fourth-order valence-electron chi connectivity index (χ4n) is 2.10. The zero-order valence-electron chi connectivity index (χ0n) is 11.4. The van der Waals surface area contributed by atoms with Gasteiger partial charge in [0, 0.05) is 37.3 Å². The maximum absolute atomic E-state index is 12.0. The highest BCUT2D eigenvalue weighted by Gasteiger charge is 2.23. The highest BCUT2D eigenvalue weighted by atomic mass is 35.5. The van der Waals surface area contributed by atoms with E-state index in [0.29, 0.717) is 24.7 Å². The van der Waals surface area contributed by atoms with E-state index in [-0.39, 0.29) is 12.0 Å². The predicted molar refractivity (Wildman–Crippen MR) is 76.8 cm³/mol. The maximum Gasteiger partial charge on any atom is 0.250 e. The van der Waals surface area contributed by atoms with E-state index in [2.05, 4.69) is 10.6 Å². The molecule has 1 amide bonds. The number of benzene rings is 1. The highest BCUT2D eigenvalue weighted by molar-refractivity contribution is 6.31. The third kappa shape index (κ3) is 3.93. The molecule has 2 rings (SSSR count). The van der Waals surface area contributed by atoms with Crippen LogP contribution in [0.15, 0.2) is 24.3 Å². The zero-order valence-corrected chi connectivity index (χ0v) is 12.2. The average Bonchev–Trinajstić information content (AvgIpc) is 2.50. The van der Waals surface area contributed by atoms with Gasteiger partial charge in [-0.15, -0.1) is 0 Å². The van der Waals surface area contributed by atoms with E-state index in [4.69, 9.17) is 21.1 Å². The summed E-state index contributed by atoms with van der Waals surface area (Å²) in [6.45, 7) is 2.23. The number of nitrogens with one attached hydrogen (secondary N) is 2. The molecule has 1 saturated heterocycles. The minimum absolute atomic E-state index is 0.133. The second-order valence-corrected chi connectivity index (χ2v) is 4.96. The Labute approximate surface area is 123 Å². The molecule has 0 spiro atoms. The van der Waals surface area contributed by atoms with Crippen molar-refractivity contribution in [2.24, 2.45) is 0 Å². The van der Waals surface area contributed by atoms with Crippen molar-refractivity contribution in [3.8, 4) is 0 Å². The average molecular weight is 299 g/mol. The van der Waals surface area contributed by atoms with Crippen LogP contribution >= 0.6 is 11.6 Å². The lowest BCUT2D eigenvalue weighted by Crippen LogP contribution is -2.48. The normalized spacial score (nSPS) is 20.4. The van der Waals surface area contributed by atoms with Crippen LogP contribution in [0.2, 0.25) is 5.02 Å². The topological polar surface area (TPSA) is 59.6 Å². The lowest BCUT2D eigenvalue weighted by molar-refractivity contribution is -0.134. The van der Waals surface area contributed by atoms with Crippen LogP contribution in [0.1, 0.15) is 11.7 Å². The fraction of sp³-hybridized carbons (Fsp3) is 0.500. The maximum atomic E-state index is 12.0. The molecule has 1 aliphatic heterocycles. The fourth-order valence-corrected chi connectivity index (χ4v) is 2.35. The van der Waals surface area contributed by atoms with Crippen LogP contribution in [-0.2, 0) is 14.3 Å². The van der Waals surface area contributed by atoms with Crippen LogP contribution in [0.4, 0.5) is 0 Å². The number of methoxy groups -OCH3 is 1. The van der Waals surface area contributed by atoms with E-state index >= 15 is 0 Å². The Morgan fingerprint density at radius 3 is 3.05 bits per heavy atom. The summed E-state index contributed by atoms with van der Waals surface area (Å²) in [5, 5.41) is 6.59. The molecule has 1 heterocycles. The summed E-state index contributed by atoms with van der Waals surface area (Å²) < 4.78 is 10.8. The Hall–Kier alpha value is -1.14. The number of amides is 1. The molecule has 1 aliphatic rings. The monoisotopic (exact) mass is 298 g/mol. The van der Waals surface area contributed by atoms with Crippen molar-refractivity contribution in [1.82, 2.24) is 10.6 Å². The number of ether oxygens (including phenoxy) is 2. The van der Waals surface area contributed by atoms with Crippen molar-refractivity contribution in [1.29, 1.82) is 0 Å². The smallest absolute Gasteiger partial charge is 0.250 e. The first-order valence-electron chi connectivity index (χ1n) is 6.59. The molecule has 1 aromatic rings. The number of halogens is 1. The Morgan fingerprint density at radius 1 is 1.60 bits per heavy atom. The largest absolute Gasteiger partial charge is 0.375 e. The van der Waals surface area contributed by atoms with Crippen molar-refractivity contribution in [3.05, 3.63) is 34.9 Å². The predicted octanol–water partition coefficient (Wildman–Crippen LogP) is 1.13. The SMILES string of the molecule is CO[C@H](CNC(=O)[C@H]1CNCCO1)c1ccccc1Cl. The minimum atomic E-state index is -0.437. The van der Waals surface area contributed by atoms with Crippen molar-refractivity contribution >= 4 is 17.5 Å². The standard InChI is InChI=1S/C14H19ClN2O3/c1-19-12(10-4-2-3-5-11(10)15)9-17-14(18)13-8-16-6-7-20-13/h2-5,12-13,16H,6-9H2,1H3,(H,17,18)/t12-,13-/m1/s1. The summed E-state index contributed by atoms with van der Waals surface area (Å²) in [7, 11) is 1.60. The quantitative estimate of drug-likeness (QED) is 0.856. The first kappa shape index (κ1) is 15.3. The second-order valence-electron chi connectivity index (χ2n) is 4.55. The van der Waals surface area contributed by atoms with Gasteiger partial charge in [-0.3, -0.25) is 4.79 Å². The second kappa shape index (κ2) is 7.59. The number of hydrogen-bond donors (Lipinski definition) is 2. The van der Waals surface area contributed by atoms with Crippen LogP contribution in [0.25, 0.3) is 0 Å². The third-order valence-corrected chi connectivity index (χ3v) is 3.56. The van der Waals surface area contributed by atoms with Gasteiger partial charge in [0.25, 0.3) is 5.91 Å². The van der Waals surface area contributed by atoms with Gasteiger partial charge >= 0.3 is 0 Å². The van der Waals surface area contributed by atoms with Crippen molar-refractivity contribution in [2.75, 3.05) is 33.4 Å². The molecular formula is C14H19ClN2O3. The summed E-state index contributed by atoms with van der Waals surface area (Å²) in [6, 6.07) is 7.45. The Bertz CT molecular complexity index is 450. The van der Waals surface area contributed by atoms with E-state index in [0.717, 1.165) is 12.1 Å². The van der Waals surface area contributed by atoms with Crippen molar-refractivity contribution in [3.63, 3.8) is 0 Å². The lowest BCUT2D eigenvalue weighted by atomic mass is 10.1. The Morgan fingerprint density at radius 2 is 2.40 bits per heavy atom. The van der Waals surface area contributed by atoms with Crippen LogP contribution in [-0.4, -0.2) is 45.4 Å². The molecule has 1 fully saturated rings. The summed E-state index contributed by atoms with van der Waals surface area (Å²) in [6.07, 6.45) is -0.711. The van der Waals surface area contributed by atoms with Gasteiger partial charge < -0.3 is 20.1 Å². The number of carbonyl (C=O) groups excluding carboxylic acids is 1. The molecule has 0 bridgehead atoms. The van der Waals surface area contributed by atoms with E-state index in [1.165, 1.54) is 0 Å². The van der Waals surface area contributed by atoms with Crippen LogP contribution in [0.5, 0.6) is 0 Å². The van der Waals surface area contributed by atoms with Crippen LogP contribution in [0, 0.1) is 0 Å². The van der Waals surface area contributed by atoms with Gasteiger partial charge in [-0.1, -0.05) is 29.8 Å². The summed E-state index contributed by atoms with van der Waals surface area (Å²) in [5.41, 5.74) is 0.861. The molecule has 110 valence electrons. The molecule has 0 aliphatic carbocycles. The molecule has 5 nitrogen and oxygen atoms in total. The molecular weight excluding hydrogens is 280 g/mol. The van der Waals surface area contributed by atoms with Gasteiger partial charge in [0.2, 0.25) is 0 Å². The molecule has 20 heavy (non-hydrogen) atoms. The van der Waals surface area contributed by atoms with E-state index in [1.54, 1.807) is 13.2 Å². The molecule has 2 atom stereocenters. The van der Waals surface area contributed by atoms with Gasteiger partial charge in [-0.25, -0.2) is 0 Å². The molecule has 6 heteroatoms. The summed E-state index contributed by atoms with van der Waals surface area (Å²) in [5.74, 6) is -0.133. The van der Waals surface area contributed by atoms with Gasteiger partial charge in [-0.05, 0) is 6.07 Å². The summed E-state index contributed by atoms with van der Waals surface area (Å²) in [4.78, 5) is 12.0. The number of morpholine rings is 1. The van der Waals surface area contributed by atoms with E-state index in [1.807, 2.05) is 18.2 Å². The molecule has 2 N–H and O–H groups in total.